The topological polar surface area (TPSA) is 62.1 Å². The fraction of sp³-hybridized carbons (Fsp3) is 0.294. The van der Waals surface area contributed by atoms with Crippen LogP contribution in [0.25, 0.3) is 0 Å². The van der Waals surface area contributed by atoms with Gasteiger partial charge in [-0.05, 0) is 37.5 Å². The molecule has 0 saturated carbocycles. The van der Waals surface area contributed by atoms with Gasteiger partial charge in [-0.25, -0.2) is 0 Å². The van der Waals surface area contributed by atoms with E-state index in [1.165, 1.54) is 0 Å². The van der Waals surface area contributed by atoms with Crippen molar-refractivity contribution < 1.29 is 44.3 Å². The summed E-state index contributed by atoms with van der Waals surface area (Å²) >= 11 is 0. The molecule has 1 aromatic heterocycles. The van der Waals surface area contributed by atoms with Gasteiger partial charge in [0.25, 0.3) is 0 Å². The first-order valence-electron chi connectivity index (χ1n) is 7.10. The zero-order chi connectivity index (χ0) is 15.0. The Labute approximate surface area is 151 Å². The number of aryl methyl sites for hydroxylation is 1. The quantitative estimate of drug-likeness (QED) is 0.521. The summed E-state index contributed by atoms with van der Waals surface area (Å²) in [5.74, 6) is -1.74. The van der Waals surface area contributed by atoms with E-state index in [4.69, 9.17) is 0 Å². The van der Waals surface area contributed by atoms with Crippen LogP contribution in [0.4, 0.5) is 0 Å². The van der Waals surface area contributed by atoms with Crippen molar-refractivity contribution in [1.82, 2.24) is 4.57 Å². The average molecular weight is 305 g/mol. The molecule has 2 aromatic rings. The van der Waals surface area contributed by atoms with Crippen molar-refractivity contribution in [1.29, 1.82) is 0 Å². The van der Waals surface area contributed by atoms with Gasteiger partial charge < -0.3 is 14.5 Å². The van der Waals surface area contributed by atoms with Crippen LogP contribution in [0, 0.1) is 6.92 Å². The zero-order valence-electron chi connectivity index (χ0n) is 12.8. The molecule has 0 aliphatic carbocycles. The Kier molecular flexibility index (Phi) is 5.27. The van der Waals surface area contributed by atoms with Gasteiger partial charge in [0.1, 0.15) is 0 Å². The second-order valence-corrected chi connectivity index (χ2v) is 5.45. The SMILES string of the molecule is Cc1ccccc1C(=O)c1ccc2n1CCCC2C(=O)[O-].[Na+]. The Hall–Kier alpha value is -1.36. The van der Waals surface area contributed by atoms with Gasteiger partial charge in [-0.15, -0.1) is 0 Å². The molecule has 3 rings (SSSR count). The Morgan fingerprint density at radius 2 is 1.91 bits per heavy atom. The second kappa shape index (κ2) is 6.82. The van der Waals surface area contributed by atoms with Gasteiger partial charge in [-0.1, -0.05) is 24.3 Å². The average Bonchev–Trinajstić information content (AvgIpc) is 2.90. The van der Waals surface area contributed by atoms with E-state index >= 15 is 0 Å². The minimum atomic E-state index is -1.07. The van der Waals surface area contributed by atoms with E-state index in [0.29, 0.717) is 29.9 Å². The van der Waals surface area contributed by atoms with Crippen LogP contribution in [0.1, 0.15) is 46.1 Å². The monoisotopic (exact) mass is 305 g/mol. The van der Waals surface area contributed by atoms with Gasteiger partial charge in [-0.3, -0.25) is 4.79 Å². The molecule has 108 valence electrons. The Bertz CT molecular complexity index is 720. The predicted molar refractivity (Wildman–Crippen MR) is 76.0 cm³/mol. The van der Waals surface area contributed by atoms with Crippen molar-refractivity contribution in [3.63, 3.8) is 0 Å². The van der Waals surface area contributed by atoms with Gasteiger partial charge in [0.05, 0.1) is 11.7 Å². The number of carbonyl (C=O) groups is 2. The van der Waals surface area contributed by atoms with Crippen LogP contribution in [0.3, 0.4) is 0 Å². The van der Waals surface area contributed by atoms with E-state index in [0.717, 1.165) is 12.0 Å². The maximum atomic E-state index is 12.7. The summed E-state index contributed by atoms with van der Waals surface area (Å²) in [6, 6.07) is 10.9. The molecule has 0 N–H and O–H groups in total. The maximum Gasteiger partial charge on any atom is 1.00 e. The molecule has 22 heavy (non-hydrogen) atoms. The van der Waals surface area contributed by atoms with Crippen LogP contribution in [0.5, 0.6) is 0 Å². The molecule has 4 nitrogen and oxygen atoms in total. The van der Waals surface area contributed by atoms with Crippen LogP contribution < -0.4 is 34.7 Å². The third-order valence-electron chi connectivity index (χ3n) is 4.15. The fourth-order valence-electron chi connectivity index (χ4n) is 3.04. The van der Waals surface area contributed by atoms with Crippen LogP contribution >= 0.6 is 0 Å². The number of hydrogen-bond donors (Lipinski definition) is 0. The first kappa shape index (κ1) is 17.0. The van der Waals surface area contributed by atoms with Crippen molar-refractivity contribution in [3.8, 4) is 0 Å². The van der Waals surface area contributed by atoms with E-state index < -0.39 is 11.9 Å². The number of ketones is 1. The third-order valence-corrected chi connectivity index (χ3v) is 4.15. The number of nitrogens with zero attached hydrogens (tertiary/aromatic N) is 1. The zero-order valence-corrected chi connectivity index (χ0v) is 14.8. The number of carbonyl (C=O) groups excluding carboxylic acids is 2. The molecule has 1 atom stereocenters. The summed E-state index contributed by atoms with van der Waals surface area (Å²) in [4.78, 5) is 23.9. The second-order valence-electron chi connectivity index (χ2n) is 5.45. The molecule has 0 bridgehead atoms. The van der Waals surface area contributed by atoms with Crippen LogP contribution in [0.15, 0.2) is 36.4 Å². The van der Waals surface area contributed by atoms with Crippen molar-refractivity contribution >= 4 is 11.8 Å². The van der Waals surface area contributed by atoms with Gasteiger partial charge in [0, 0.05) is 23.7 Å². The number of benzene rings is 1. The molecule has 2 heterocycles. The fourth-order valence-corrected chi connectivity index (χ4v) is 3.04. The molecule has 1 unspecified atom stereocenters. The molecular weight excluding hydrogens is 289 g/mol. The van der Waals surface area contributed by atoms with Gasteiger partial charge in [-0.2, -0.15) is 0 Å². The minimum Gasteiger partial charge on any atom is -0.549 e. The summed E-state index contributed by atoms with van der Waals surface area (Å²) in [6.45, 7) is 2.58. The number of hydrogen-bond acceptors (Lipinski definition) is 3. The van der Waals surface area contributed by atoms with Gasteiger partial charge in [0.2, 0.25) is 5.78 Å². The molecule has 1 aliphatic rings. The summed E-state index contributed by atoms with van der Waals surface area (Å²) < 4.78 is 1.83. The first-order valence-corrected chi connectivity index (χ1v) is 7.10. The summed E-state index contributed by atoms with van der Waals surface area (Å²) in [5.41, 5.74) is 2.82. The summed E-state index contributed by atoms with van der Waals surface area (Å²) in [7, 11) is 0. The van der Waals surface area contributed by atoms with Crippen LogP contribution in [-0.4, -0.2) is 16.3 Å². The largest absolute Gasteiger partial charge is 1.00 e. The standard InChI is InChI=1S/C17H17NO3.Na/c1-11-5-2-3-6-12(11)16(19)15-9-8-14-13(17(20)21)7-4-10-18(14)15;/h2-3,5-6,8-9,13H,4,7,10H2,1H3,(H,20,21);/q;+1/p-1. The van der Waals surface area contributed by atoms with Gasteiger partial charge in [0.15, 0.2) is 0 Å². The predicted octanol–water partition coefficient (Wildman–Crippen LogP) is -1.34. The number of carboxylic acids is 1. The molecular formula is C17H16NNaO3. The molecule has 5 heteroatoms. The van der Waals surface area contributed by atoms with Crippen LogP contribution in [0.2, 0.25) is 0 Å². The number of aliphatic carboxylic acids is 1. The van der Waals surface area contributed by atoms with Crippen LogP contribution in [-0.2, 0) is 11.3 Å². The van der Waals surface area contributed by atoms with E-state index in [-0.39, 0.29) is 35.3 Å². The Balaban J connectivity index is 0.00000176. The van der Waals surface area contributed by atoms with E-state index in [1.54, 1.807) is 18.2 Å². The molecule has 0 radical (unpaired) electrons. The number of aromatic nitrogens is 1. The number of rotatable bonds is 3. The third kappa shape index (κ3) is 2.91. The number of carboxylic acid groups (broad SMARTS) is 1. The minimum absolute atomic E-state index is 0. The Morgan fingerprint density at radius 3 is 2.59 bits per heavy atom. The molecule has 1 aromatic carbocycles. The molecule has 1 aliphatic heterocycles. The Morgan fingerprint density at radius 1 is 1.18 bits per heavy atom. The van der Waals surface area contributed by atoms with Crippen molar-refractivity contribution in [3.05, 3.63) is 58.9 Å². The molecule has 0 fully saturated rings. The molecule has 0 spiro atoms. The van der Waals surface area contributed by atoms with E-state index in [2.05, 4.69) is 0 Å². The van der Waals surface area contributed by atoms with Gasteiger partial charge >= 0.3 is 29.6 Å². The number of fused-ring (bicyclic) bond motifs is 1. The van der Waals surface area contributed by atoms with E-state index in [9.17, 15) is 14.7 Å². The summed E-state index contributed by atoms with van der Waals surface area (Å²) in [5, 5.41) is 11.2. The molecule has 0 saturated heterocycles. The smallest absolute Gasteiger partial charge is 0.549 e. The first-order chi connectivity index (χ1) is 10.1. The normalized spacial score (nSPS) is 16.5. The molecule has 0 amide bonds. The van der Waals surface area contributed by atoms with Crippen molar-refractivity contribution in [2.45, 2.75) is 32.2 Å². The van der Waals surface area contributed by atoms with Crippen molar-refractivity contribution in [2.24, 2.45) is 0 Å². The van der Waals surface area contributed by atoms with Crippen molar-refractivity contribution in [2.75, 3.05) is 0 Å². The van der Waals surface area contributed by atoms with E-state index in [1.807, 2.05) is 29.7 Å². The maximum absolute atomic E-state index is 12.7. The summed E-state index contributed by atoms with van der Waals surface area (Å²) in [6.07, 6.45) is 1.32.